The van der Waals surface area contributed by atoms with Gasteiger partial charge in [0.05, 0.1) is 22.8 Å². The number of anilines is 1. The van der Waals surface area contributed by atoms with Crippen molar-refractivity contribution in [3.05, 3.63) is 39.4 Å². The van der Waals surface area contributed by atoms with Crippen LogP contribution in [0.1, 0.15) is 47.6 Å². The zero-order chi connectivity index (χ0) is 24.8. The summed E-state index contributed by atoms with van der Waals surface area (Å²) < 4.78 is 42.8. The van der Waals surface area contributed by atoms with Crippen molar-refractivity contribution < 1.29 is 27.3 Å². The van der Waals surface area contributed by atoms with Gasteiger partial charge in [-0.25, -0.2) is 9.18 Å². The van der Waals surface area contributed by atoms with E-state index in [4.69, 9.17) is 4.55 Å². The number of nitrogens with zero attached hydrogens (tertiary/aromatic N) is 3. The summed E-state index contributed by atoms with van der Waals surface area (Å²) in [5.74, 6) is -1.58. The van der Waals surface area contributed by atoms with Crippen LogP contribution >= 0.6 is 0 Å². The maximum Gasteiger partial charge on any atom is 0.341 e. The van der Waals surface area contributed by atoms with Crippen LogP contribution in [0.2, 0.25) is 0 Å². The molecule has 0 radical (unpaired) electrons. The molecule has 3 fully saturated rings. The Balaban J connectivity index is 0.000000499. The van der Waals surface area contributed by atoms with Gasteiger partial charge < -0.3 is 19.9 Å². The number of carbonyl (C=O) groups is 1. The van der Waals surface area contributed by atoms with Gasteiger partial charge in [-0.1, -0.05) is 0 Å². The largest absolute Gasteiger partial charge is 0.477 e. The number of aromatic carboxylic acids is 1. The Hall–Kier alpha value is -3.01. The van der Waals surface area contributed by atoms with E-state index < -0.39 is 32.9 Å². The van der Waals surface area contributed by atoms with E-state index in [1.54, 1.807) is 4.57 Å². The highest BCUT2D eigenvalue weighted by atomic mass is 32.2. The summed E-state index contributed by atoms with van der Waals surface area (Å²) in [4.78, 5) is 26.2. The summed E-state index contributed by atoms with van der Waals surface area (Å²) in [6, 6.07) is 3.55. The Kier molecular flexibility index (Phi) is 6.37. The van der Waals surface area contributed by atoms with Crippen molar-refractivity contribution in [1.29, 1.82) is 5.26 Å². The number of pyridine rings is 1. The molecule has 1 aromatic carbocycles. The molecule has 2 aliphatic heterocycles. The minimum Gasteiger partial charge on any atom is -0.477 e. The zero-order valence-corrected chi connectivity index (χ0v) is 19.3. The third-order valence-corrected chi connectivity index (χ3v) is 6.44. The van der Waals surface area contributed by atoms with E-state index >= 15 is 4.39 Å². The molecule has 182 valence electrons. The minimum atomic E-state index is -3.67. The maximum absolute atomic E-state index is 15.2. The third-order valence-electron chi connectivity index (χ3n) is 6.44. The van der Waals surface area contributed by atoms with Crippen molar-refractivity contribution in [2.45, 2.75) is 37.8 Å². The van der Waals surface area contributed by atoms with Crippen LogP contribution in [0.5, 0.6) is 0 Å². The number of carboxylic acids is 1. The van der Waals surface area contributed by atoms with Gasteiger partial charge in [-0.05, 0) is 44.2 Å². The van der Waals surface area contributed by atoms with E-state index in [1.807, 2.05) is 4.90 Å². The van der Waals surface area contributed by atoms with Crippen molar-refractivity contribution >= 4 is 32.7 Å². The second-order valence-corrected chi connectivity index (χ2v) is 10.5. The number of hydrogen-bond acceptors (Lipinski definition) is 7. The highest BCUT2D eigenvalue weighted by Gasteiger charge is 2.37. The molecular formula is C22H25FN4O6S. The molecule has 3 aliphatic rings. The van der Waals surface area contributed by atoms with Crippen LogP contribution in [-0.2, 0) is 10.1 Å². The molecule has 10 nitrogen and oxygen atoms in total. The fourth-order valence-electron chi connectivity index (χ4n) is 4.92. The number of nitriles is 1. The van der Waals surface area contributed by atoms with Crippen LogP contribution in [0.25, 0.3) is 10.9 Å². The molecule has 0 amide bonds. The van der Waals surface area contributed by atoms with E-state index in [1.165, 1.54) is 6.20 Å². The Morgan fingerprint density at radius 1 is 1.29 bits per heavy atom. The number of benzene rings is 1. The summed E-state index contributed by atoms with van der Waals surface area (Å²) in [7, 11) is -3.67. The van der Waals surface area contributed by atoms with Crippen LogP contribution in [0, 0.1) is 23.1 Å². The molecule has 3 heterocycles. The van der Waals surface area contributed by atoms with Crippen molar-refractivity contribution in [1.82, 2.24) is 9.88 Å². The molecule has 2 saturated heterocycles. The summed E-state index contributed by atoms with van der Waals surface area (Å²) in [6.07, 6.45) is 5.86. The number of halogens is 1. The first-order chi connectivity index (χ1) is 16.0. The topological polar surface area (TPSA) is 153 Å². The third kappa shape index (κ3) is 4.77. The number of nitrogens with one attached hydrogen (secondary N) is 1. The molecule has 34 heavy (non-hydrogen) atoms. The molecule has 2 atom stereocenters. The maximum atomic E-state index is 15.2. The Morgan fingerprint density at radius 3 is 2.53 bits per heavy atom. The standard InChI is InChI=1S/C21H21FN4O3.CH4O3S/c22-16-6-13-18(26(12-3-4-12)9-15(20(13)27)21(28)29)14(7-23)19(16)25-8-11-2-1-5-24-17(11)10-25;1-5(2,3)4/h6,9,11-12,17,24H,1-5,8,10H2,(H,28,29);1H3,(H,2,3,4)/t11-,17+;/m0./s1. The average Bonchev–Trinajstić information content (AvgIpc) is 3.50. The Labute approximate surface area is 195 Å². The van der Waals surface area contributed by atoms with Gasteiger partial charge in [-0.15, -0.1) is 0 Å². The predicted molar refractivity (Wildman–Crippen MR) is 122 cm³/mol. The Bertz CT molecular complexity index is 1340. The van der Waals surface area contributed by atoms with Gasteiger partial charge in [0.15, 0.2) is 0 Å². The highest BCUT2D eigenvalue weighted by Crippen LogP contribution is 2.41. The molecule has 1 saturated carbocycles. The number of hydrogen-bond donors (Lipinski definition) is 3. The summed E-state index contributed by atoms with van der Waals surface area (Å²) in [6.45, 7) is 2.22. The summed E-state index contributed by atoms with van der Waals surface area (Å²) in [5, 5.41) is 22.8. The van der Waals surface area contributed by atoms with Gasteiger partial charge in [0.1, 0.15) is 23.0 Å². The van der Waals surface area contributed by atoms with Crippen molar-refractivity contribution in [3.8, 4) is 6.07 Å². The first-order valence-electron chi connectivity index (χ1n) is 10.9. The highest BCUT2D eigenvalue weighted by molar-refractivity contribution is 7.85. The number of aromatic nitrogens is 1. The summed E-state index contributed by atoms with van der Waals surface area (Å²) >= 11 is 0. The van der Waals surface area contributed by atoms with Crippen LogP contribution < -0.4 is 15.6 Å². The van der Waals surface area contributed by atoms with E-state index in [0.29, 0.717) is 30.8 Å². The first kappa shape index (κ1) is 24.1. The second-order valence-electron chi connectivity index (χ2n) is 9.01. The van der Waals surface area contributed by atoms with Gasteiger partial charge in [0.2, 0.25) is 5.43 Å². The number of piperidine rings is 1. The molecule has 3 N–H and O–H groups in total. The molecule has 1 aliphatic carbocycles. The van der Waals surface area contributed by atoms with Gasteiger partial charge in [0, 0.05) is 31.4 Å². The quantitative estimate of drug-likeness (QED) is 0.544. The fourth-order valence-corrected chi connectivity index (χ4v) is 4.92. The van der Waals surface area contributed by atoms with Crippen LogP contribution in [-0.4, -0.2) is 60.5 Å². The lowest BCUT2D eigenvalue weighted by atomic mass is 9.94. The lowest BCUT2D eigenvalue weighted by Crippen LogP contribution is -2.40. The molecule has 1 aromatic heterocycles. The normalized spacial score (nSPS) is 22.0. The molecule has 0 spiro atoms. The van der Waals surface area contributed by atoms with Gasteiger partial charge in [0.25, 0.3) is 10.1 Å². The predicted octanol–water partition coefficient (Wildman–Crippen LogP) is 1.74. The second kappa shape index (κ2) is 8.98. The molecule has 2 aromatic rings. The zero-order valence-electron chi connectivity index (χ0n) is 18.5. The van der Waals surface area contributed by atoms with Gasteiger partial charge in [-0.2, -0.15) is 13.7 Å². The molecule has 12 heteroatoms. The monoisotopic (exact) mass is 492 g/mol. The SMILES string of the molecule is CS(=O)(=O)O.N#Cc1c(N2C[C@@H]3CCCN[C@@H]3C2)c(F)cc2c(=O)c(C(=O)O)cn(C3CC3)c12. The van der Waals surface area contributed by atoms with Crippen molar-refractivity contribution in [3.63, 3.8) is 0 Å². The van der Waals surface area contributed by atoms with Crippen molar-refractivity contribution in [2.24, 2.45) is 5.92 Å². The van der Waals surface area contributed by atoms with E-state index in [9.17, 15) is 28.4 Å². The van der Waals surface area contributed by atoms with Crippen LogP contribution in [0.15, 0.2) is 17.1 Å². The number of fused-ring (bicyclic) bond motifs is 2. The summed E-state index contributed by atoms with van der Waals surface area (Å²) in [5.41, 5.74) is -0.433. The number of rotatable bonds is 3. The minimum absolute atomic E-state index is 0.0319. The molecule has 5 rings (SSSR count). The van der Waals surface area contributed by atoms with E-state index in [-0.39, 0.29) is 28.7 Å². The van der Waals surface area contributed by atoms with E-state index in [0.717, 1.165) is 38.3 Å². The lowest BCUT2D eigenvalue weighted by molar-refractivity contribution is 0.0694. The lowest BCUT2D eigenvalue weighted by Gasteiger charge is -2.24. The van der Waals surface area contributed by atoms with Gasteiger partial charge in [-0.3, -0.25) is 9.35 Å². The first-order valence-corrected chi connectivity index (χ1v) is 12.8. The van der Waals surface area contributed by atoms with Crippen LogP contribution in [0.3, 0.4) is 0 Å². The fraction of sp³-hybridized carbons (Fsp3) is 0.500. The average molecular weight is 493 g/mol. The van der Waals surface area contributed by atoms with Crippen molar-refractivity contribution in [2.75, 3.05) is 30.8 Å². The van der Waals surface area contributed by atoms with E-state index in [2.05, 4.69) is 11.4 Å². The van der Waals surface area contributed by atoms with Crippen LogP contribution in [0.4, 0.5) is 10.1 Å². The Morgan fingerprint density at radius 2 is 1.97 bits per heavy atom. The molecular weight excluding hydrogens is 467 g/mol. The molecule has 0 bridgehead atoms. The molecule has 0 unspecified atom stereocenters. The van der Waals surface area contributed by atoms with Gasteiger partial charge >= 0.3 is 5.97 Å². The smallest absolute Gasteiger partial charge is 0.341 e. The number of carboxylic acid groups (broad SMARTS) is 1.